The molecule has 0 bridgehead atoms. The van der Waals surface area contributed by atoms with Crippen LogP contribution in [0.15, 0.2) is 0 Å². The maximum atomic E-state index is 9.64. The van der Waals surface area contributed by atoms with Crippen molar-refractivity contribution in [2.24, 2.45) is 0 Å². The maximum absolute atomic E-state index is 9.64. The van der Waals surface area contributed by atoms with E-state index in [4.69, 9.17) is 9.66 Å². The average molecular weight is 333 g/mol. The molecule has 0 aromatic rings. The van der Waals surface area contributed by atoms with Crippen LogP contribution in [0.5, 0.6) is 0 Å². The fourth-order valence-electron chi connectivity index (χ4n) is 0. The normalized spacial score (nSPS) is 14.4. The van der Waals surface area contributed by atoms with Gasteiger partial charge in [-0.2, -0.15) is 8.42 Å². The van der Waals surface area contributed by atoms with E-state index in [1.165, 1.54) is 0 Å². The summed E-state index contributed by atoms with van der Waals surface area (Å²) in [5, 5.41) is 8.05. The molecule has 0 heterocycles. The molecule has 0 fully saturated rings. The minimum atomic E-state index is -4.19. The minimum Gasteiger partial charge on any atom is -0.375 e. The summed E-state index contributed by atoms with van der Waals surface area (Å²) in [7, 11) is -4.19. The summed E-state index contributed by atoms with van der Waals surface area (Å²) in [5.41, 5.74) is -1.67. The van der Waals surface area contributed by atoms with Gasteiger partial charge in [-0.05, 0) is 6.92 Å². The zero-order valence-corrected chi connectivity index (χ0v) is 8.90. The van der Waals surface area contributed by atoms with E-state index < -0.39 is 15.6 Å². The van der Waals surface area contributed by atoms with E-state index >= 15 is 0 Å². The molecule has 0 aliphatic heterocycles. The minimum absolute atomic E-state index is 0. The van der Waals surface area contributed by atoms with E-state index in [9.17, 15) is 8.42 Å². The first-order valence-corrected chi connectivity index (χ1v) is 3.09. The zero-order chi connectivity index (χ0) is 6.08. The number of hydrogen-bond donors (Lipinski definition) is 2. The predicted octanol–water partition coefficient (Wildman–Crippen LogP) is -1.17. The van der Waals surface area contributed by atoms with Gasteiger partial charge in [0.05, 0.1) is 0 Å². The SMILES string of the molecule is CC(O)S(=O)(=O)O.[Pb]. The van der Waals surface area contributed by atoms with Gasteiger partial charge in [-0.3, -0.25) is 4.55 Å². The Bertz CT molecular complexity index is 136. The maximum Gasteiger partial charge on any atom is 0.291 e. The summed E-state index contributed by atoms with van der Waals surface area (Å²) in [4.78, 5) is 0. The third kappa shape index (κ3) is 4.94. The Morgan fingerprint density at radius 1 is 1.50 bits per heavy atom. The molecule has 8 heavy (non-hydrogen) atoms. The van der Waals surface area contributed by atoms with Crippen molar-refractivity contribution in [2.75, 3.05) is 0 Å². The molecule has 0 saturated heterocycles. The van der Waals surface area contributed by atoms with E-state index in [0.29, 0.717) is 0 Å². The molecular weight excluding hydrogens is 327 g/mol. The van der Waals surface area contributed by atoms with Crippen LogP contribution < -0.4 is 0 Å². The molecule has 0 aromatic heterocycles. The largest absolute Gasteiger partial charge is 0.375 e. The Balaban J connectivity index is 0. The molecule has 0 saturated carbocycles. The van der Waals surface area contributed by atoms with Crippen LogP contribution in [0, 0.1) is 0 Å². The molecule has 0 aliphatic carbocycles. The standard InChI is InChI=1S/C2H6O4S.Pb/c1-2(3)7(4,5)6;/h2-3H,1H3,(H,4,5,6);. The Labute approximate surface area is 67.8 Å². The molecule has 0 rings (SSSR count). The van der Waals surface area contributed by atoms with Crippen molar-refractivity contribution in [3.63, 3.8) is 0 Å². The number of rotatable bonds is 1. The van der Waals surface area contributed by atoms with Gasteiger partial charge in [0, 0.05) is 27.3 Å². The Morgan fingerprint density at radius 3 is 1.62 bits per heavy atom. The van der Waals surface area contributed by atoms with Crippen molar-refractivity contribution in [3.8, 4) is 0 Å². The van der Waals surface area contributed by atoms with Crippen LogP contribution in [0.25, 0.3) is 0 Å². The fraction of sp³-hybridized carbons (Fsp3) is 1.00. The zero-order valence-electron chi connectivity index (χ0n) is 4.20. The van der Waals surface area contributed by atoms with Gasteiger partial charge in [0.15, 0.2) is 5.44 Å². The van der Waals surface area contributed by atoms with Crippen LogP contribution in [0.1, 0.15) is 6.92 Å². The van der Waals surface area contributed by atoms with E-state index in [-0.39, 0.29) is 27.3 Å². The van der Waals surface area contributed by atoms with Crippen LogP contribution in [0.2, 0.25) is 0 Å². The number of aliphatic hydroxyl groups is 1. The summed E-state index contributed by atoms with van der Waals surface area (Å²) in [6, 6.07) is 0. The van der Waals surface area contributed by atoms with E-state index in [2.05, 4.69) is 0 Å². The molecule has 2 N–H and O–H groups in total. The van der Waals surface area contributed by atoms with Crippen molar-refractivity contribution in [1.82, 2.24) is 0 Å². The third-order valence-corrected chi connectivity index (χ3v) is 1.29. The Morgan fingerprint density at radius 2 is 1.62 bits per heavy atom. The van der Waals surface area contributed by atoms with Gasteiger partial charge in [-0.1, -0.05) is 0 Å². The van der Waals surface area contributed by atoms with Gasteiger partial charge < -0.3 is 5.11 Å². The number of hydrogen-bond acceptors (Lipinski definition) is 3. The molecule has 4 nitrogen and oxygen atoms in total. The first-order valence-electron chi connectivity index (χ1n) is 1.59. The van der Waals surface area contributed by atoms with Crippen LogP contribution >= 0.6 is 0 Å². The molecule has 0 aromatic carbocycles. The molecule has 0 amide bonds. The first kappa shape index (κ1) is 11.6. The van der Waals surface area contributed by atoms with Gasteiger partial charge in [-0.15, -0.1) is 0 Å². The summed E-state index contributed by atoms with van der Waals surface area (Å²) < 4.78 is 27.1. The molecule has 0 aliphatic rings. The monoisotopic (exact) mass is 334 g/mol. The first-order chi connectivity index (χ1) is 2.94. The summed E-state index contributed by atoms with van der Waals surface area (Å²) >= 11 is 0. The molecule has 4 radical (unpaired) electrons. The van der Waals surface area contributed by atoms with Crippen molar-refractivity contribution >= 4 is 37.4 Å². The fourth-order valence-corrected chi connectivity index (χ4v) is 0. The molecule has 0 spiro atoms. The summed E-state index contributed by atoms with van der Waals surface area (Å²) in [6.07, 6.45) is 0. The van der Waals surface area contributed by atoms with Crippen molar-refractivity contribution < 1.29 is 18.1 Å². The van der Waals surface area contributed by atoms with Gasteiger partial charge in [0.25, 0.3) is 10.1 Å². The van der Waals surface area contributed by atoms with Crippen LogP contribution in [-0.2, 0) is 10.1 Å². The smallest absolute Gasteiger partial charge is 0.291 e. The second-order valence-electron chi connectivity index (χ2n) is 1.11. The third-order valence-electron chi connectivity index (χ3n) is 0.431. The second-order valence-corrected chi connectivity index (χ2v) is 2.83. The topological polar surface area (TPSA) is 74.6 Å². The van der Waals surface area contributed by atoms with Gasteiger partial charge in [0.2, 0.25) is 0 Å². The predicted molar refractivity (Wildman–Crippen MR) is 29.0 cm³/mol. The van der Waals surface area contributed by atoms with E-state index in [0.717, 1.165) is 6.92 Å². The Hall–Kier alpha value is 0.792. The van der Waals surface area contributed by atoms with Crippen molar-refractivity contribution in [1.29, 1.82) is 0 Å². The molecule has 6 heteroatoms. The van der Waals surface area contributed by atoms with Gasteiger partial charge in [0.1, 0.15) is 0 Å². The van der Waals surface area contributed by atoms with E-state index in [1.807, 2.05) is 0 Å². The number of aliphatic hydroxyl groups excluding tert-OH is 1. The van der Waals surface area contributed by atoms with Crippen molar-refractivity contribution in [3.05, 3.63) is 0 Å². The summed E-state index contributed by atoms with van der Waals surface area (Å²) in [5.74, 6) is 0. The molecule has 1 unspecified atom stereocenters. The van der Waals surface area contributed by atoms with Gasteiger partial charge in [-0.25, -0.2) is 0 Å². The second kappa shape index (κ2) is 3.75. The summed E-state index contributed by atoms with van der Waals surface area (Å²) in [6.45, 7) is 0.968. The van der Waals surface area contributed by atoms with Crippen LogP contribution in [-0.4, -0.2) is 50.8 Å². The van der Waals surface area contributed by atoms with Crippen LogP contribution in [0.4, 0.5) is 0 Å². The van der Waals surface area contributed by atoms with E-state index in [1.54, 1.807) is 0 Å². The van der Waals surface area contributed by atoms with Crippen LogP contribution in [0.3, 0.4) is 0 Å². The molecule has 1 atom stereocenters. The van der Waals surface area contributed by atoms with Gasteiger partial charge >= 0.3 is 0 Å². The molecular formula is C2H6O4PbS. The average Bonchev–Trinajstić information content (AvgIpc) is 1.31. The molecule has 48 valence electrons. The Kier molecular flexibility index (Phi) is 5.42. The van der Waals surface area contributed by atoms with Crippen molar-refractivity contribution in [2.45, 2.75) is 12.4 Å². The quantitative estimate of drug-likeness (QED) is 0.469.